The number of piperidine rings is 1. The molecule has 2 aliphatic rings. The molecule has 0 radical (unpaired) electrons. The molecule has 4 rings (SSSR count). The molecule has 1 unspecified atom stereocenters. The van der Waals surface area contributed by atoms with Gasteiger partial charge in [-0.25, -0.2) is 0 Å². The zero-order valence-electron chi connectivity index (χ0n) is 16.8. The zero-order chi connectivity index (χ0) is 22.1. The lowest BCUT2D eigenvalue weighted by molar-refractivity contribution is -0.136. The molecule has 1 fully saturated rings. The van der Waals surface area contributed by atoms with E-state index < -0.39 is 23.5 Å². The highest BCUT2D eigenvalue weighted by molar-refractivity contribution is 7.10. The number of fused-ring (bicyclic) bond motifs is 1. The molecule has 31 heavy (non-hydrogen) atoms. The van der Waals surface area contributed by atoms with E-state index in [4.69, 9.17) is 4.74 Å². The van der Waals surface area contributed by atoms with Crippen LogP contribution in [0.15, 0.2) is 29.6 Å². The highest BCUT2D eigenvalue weighted by Gasteiger charge is 2.40. The van der Waals surface area contributed by atoms with Gasteiger partial charge < -0.3 is 9.64 Å². The Balaban J connectivity index is 1.41. The van der Waals surface area contributed by atoms with E-state index in [9.17, 15) is 24.0 Å². The van der Waals surface area contributed by atoms with Crippen molar-refractivity contribution >= 4 is 40.6 Å². The van der Waals surface area contributed by atoms with Crippen LogP contribution in [0.25, 0.3) is 0 Å². The fraction of sp³-hybridized carbons (Fsp3) is 0.318. The molecule has 0 spiro atoms. The van der Waals surface area contributed by atoms with Gasteiger partial charge in [0, 0.05) is 35.2 Å². The van der Waals surface area contributed by atoms with Crippen LogP contribution in [0.1, 0.15) is 50.4 Å². The number of Topliss-reactive ketones (excluding diaryl/α,β-unsaturated/α-hetero) is 2. The van der Waals surface area contributed by atoms with Crippen molar-refractivity contribution in [1.29, 1.82) is 0 Å². The van der Waals surface area contributed by atoms with Gasteiger partial charge in [-0.05, 0) is 42.7 Å². The van der Waals surface area contributed by atoms with Crippen LogP contribution in [0.2, 0.25) is 0 Å². The van der Waals surface area contributed by atoms with Gasteiger partial charge in [-0.15, -0.1) is 11.3 Å². The fourth-order valence-corrected chi connectivity index (χ4v) is 4.90. The number of benzene rings is 1. The van der Waals surface area contributed by atoms with Crippen molar-refractivity contribution in [3.63, 3.8) is 0 Å². The van der Waals surface area contributed by atoms with Crippen molar-refractivity contribution in [2.45, 2.75) is 38.3 Å². The second kappa shape index (κ2) is 8.43. The van der Waals surface area contributed by atoms with Crippen LogP contribution in [0.3, 0.4) is 0 Å². The van der Waals surface area contributed by atoms with Gasteiger partial charge in [0.25, 0.3) is 5.91 Å². The van der Waals surface area contributed by atoms with E-state index in [1.165, 1.54) is 23.3 Å². The van der Waals surface area contributed by atoms with Crippen LogP contribution in [0.5, 0.6) is 5.75 Å². The van der Waals surface area contributed by atoms with Gasteiger partial charge >= 0.3 is 0 Å². The quantitative estimate of drug-likeness (QED) is 0.400. The molecule has 3 amide bonds. The summed E-state index contributed by atoms with van der Waals surface area (Å²) >= 11 is 1.38. The maximum Gasteiger partial charge on any atom is 0.256 e. The number of rotatable bonds is 7. The Morgan fingerprint density at radius 1 is 1.19 bits per heavy atom. The third kappa shape index (κ3) is 4.00. The summed E-state index contributed by atoms with van der Waals surface area (Å²) < 4.78 is 5.05. The molecular weight excluding hydrogens is 420 g/mol. The van der Waals surface area contributed by atoms with Crippen molar-refractivity contribution in [2.24, 2.45) is 0 Å². The van der Waals surface area contributed by atoms with E-state index in [0.717, 1.165) is 10.4 Å². The summed E-state index contributed by atoms with van der Waals surface area (Å²) in [5, 5.41) is 4.01. The molecule has 2 aliphatic heterocycles. The lowest BCUT2D eigenvalue weighted by Gasteiger charge is -2.29. The maximum atomic E-state index is 12.8. The molecule has 0 saturated carbocycles. The number of hydrogen-bond acceptors (Lipinski definition) is 7. The Morgan fingerprint density at radius 2 is 1.94 bits per heavy atom. The largest absolute Gasteiger partial charge is 0.497 e. The van der Waals surface area contributed by atoms with E-state index in [2.05, 4.69) is 5.32 Å². The maximum absolute atomic E-state index is 12.8. The normalized spacial score (nSPS) is 18.0. The van der Waals surface area contributed by atoms with Crippen LogP contribution in [-0.2, 0) is 27.3 Å². The van der Waals surface area contributed by atoms with Crippen molar-refractivity contribution in [2.75, 3.05) is 7.11 Å². The molecule has 3 heterocycles. The van der Waals surface area contributed by atoms with Gasteiger partial charge in [0.2, 0.25) is 23.4 Å². The number of aryl methyl sites for hydroxylation is 1. The van der Waals surface area contributed by atoms with E-state index in [1.54, 1.807) is 29.6 Å². The number of imide groups is 1. The number of ether oxygens (including phenoxy) is 1. The van der Waals surface area contributed by atoms with Crippen molar-refractivity contribution in [1.82, 2.24) is 10.2 Å². The molecule has 1 N–H and O–H groups in total. The Labute approximate surface area is 182 Å². The average Bonchev–Trinajstić information content (AvgIpc) is 3.31. The first-order valence-electron chi connectivity index (χ1n) is 9.84. The molecule has 1 atom stereocenters. The number of ketones is 2. The van der Waals surface area contributed by atoms with Gasteiger partial charge in [-0.3, -0.25) is 29.3 Å². The first kappa shape index (κ1) is 20.9. The molecule has 1 aromatic carbocycles. The molecule has 1 saturated heterocycles. The minimum Gasteiger partial charge on any atom is -0.497 e. The molecule has 2 aromatic rings. The third-order valence-corrected chi connectivity index (χ3v) is 6.66. The van der Waals surface area contributed by atoms with Gasteiger partial charge in [0.1, 0.15) is 11.8 Å². The molecule has 160 valence electrons. The lowest BCUT2D eigenvalue weighted by Crippen LogP contribution is -2.52. The molecule has 1 aromatic heterocycles. The molecule has 9 heteroatoms. The van der Waals surface area contributed by atoms with E-state index >= 15 is 0 Å². The second-order valence-electron chi connectivity index (χ2n) is 7.43. The topological polar surface area (TPSA) is 110 Å². The number of methoxy groups -OCH3 is 1. The third-order valence-electron chi connectivity index (χ3n) is 5.57. The van der Waals surface area contributed by atoms with E-state index in [1.807, 2.05) is 0 Å². The predicted molar refractivity (Wildman–Crippen MR) is 111 cm³/mol. The molecular formula is C22H20N2O6S. The van der Waals surface area contributed by atoms with Gasteiger partial charge in [0.05, 0.1) is 12.7 Å². The summed E-state index contributed by atoms with van der Waals surface area (Å²) in [6.45, 7) is 0.264. The number of nitrogens with one attached hydrogen (secondary N) is 1. The number of amides is 3. The Bertz CT molecular complexity index is 1090. The van der Waals surface area contributed by atoms with Gasteiger partial charge in [-0.1, -0.05) is 0 Å². The highest BCUT2D eigenvalue weighted by atomic mass is 32.1. The lowest BCUT2D eigenvalue weighted by atomic mass is 10.0. The zero-order valence-corrected chi connectivity index (χ0v) is 17.6. The van der Waals surface area contributed by atoms with E-state index in [0.29, 0.717) is 29.7 Å². The van der Waals surface area contributed by atoms with Gasteiger partial charge in [-0.2, -0.15) is 0 Å². The number of thiophene rings is 1. The summed E-state index contributed by atoms with van der Waals surface area (Å²) in [7, 11) is 1.52. The Morgan fingerprint density at radius 3 is 2.61 bits per heavy atom. The van der Waals surface area contributed by atoms with Crippen LogP contribution >= 0.6 is 11.3 Å². The molecule has 8 nitrogen and oxygen atoms in total. The van der Waals surface area contributed by atoms with Crippen LogP contribution in [-0.4, -0.2) is 47.3 Å². The van der Waals surface area contributed by atoms with Crippen LogP contribution in [0.4, 0.5) is 0 Å². The fourth-order valence-electron chi connectivity index (χ4n) is 3.86. The highest BCUT2D eigenvalue weighted by Crippen LogP contribution is 2.34. The Hall–Kier alpha value is -3.33. The minimum absolute atomic E-state index is 0.0322. The Kier molecular flexibility index (Phi) is 5.69. The van der Waals surface area contributed by atoms with Crippen LogP contribution in [0, 0.1) is 0 Å². The SMILES string of the molecule is COc1ccc(C(=O)C(=O)CCc2scc3c2CN(C2CCC(=O)NC2=O)C3=O)cc1. The summed E-state index contributed by atoms with van der Waals surface area (Å²) in [6.07, 6.45) is 0.873. The second-order valence-corrected chi connectivity index (χ2v) is 8.40. The van der Waals surface area contributed by atoms with Crippen molar-refractivity contribution in [3.8, 4) is 5.75 Å². The monoisotopic (exact) mass is 440 g/mol. The van der Waals surface area contributed by atoms with E-state index in [-0.39, 0.29) is 31.2 Å². The predicted octanol–water partition coefficient (Wildman–Crippen LogP) is 1.90. The smallest absolute Gasteiger partial charge is 0.256 e. The first-order chi connectivity index (χ1) is 14.9. The number of nitrogens with zero attached hydrogens (tertiary/aromatic N) is 1. The summed E-state index contributed by atoms with van der Waals surface area (Å²) in [6, 6.07) is 5.69. The summed E-state index contributed by atoms with van der Waals surface area (Å²) in [4.78, 5) is 63.4. The first-order valence-corrected chi connectivity index (χ1v) is 10.7. The number of carbonyl (C=O) groups is 5. The average molecular weight is 440 g/mol. The number of carbonyl (C=O) groups excluding carboxylic acids is 5. The number of hydrogen-bond donors (Lipinski definition) is 1. The summed E-state index contributed by atoms with van der Waals surface area (Å²) in [5.41, 5.74) is 1.63. The standard InChI is InChI=1S/C22H20N2O6S/c1-30-13-4-2-12(3-5-13)20(27)17(25)7-8-18-14-10-24(22(29)15(14)11-31-18)16-6-9-19(26)23-21(16)28/h2-5,11,16H,6-10H2,1H3,(H,23,26,28). The minimum atomic E-state index is -0.672. The van der Waals surface area contributed by atoms with Crippen molar-refractivity contribution < 1.29 is 28.7 Å². The summed E-state index contributed by atoms with van der Waals surface area (Å²) in [5.74, 6) is -1.49. The van der Waals surface area contributed by atoms with Gasteiger partial charge in [0.15, 0.2) is 0 Å². The van der Waals surface area contributed by atoms with Crippen molar-refractivity contribution in [3.05, 3.63) is 51.2 Å². The molecule has 0 bridgehead atoms. The molecule has 0 aliphatic carbocycles. The van der Waals surface area contributed by atoms with Crippen LogP contribution < -0.4 is 10.1 Å².